The summed E-state index contributed by atoms with van der Waals surface area (Å²) in [5.74, 6) is -1.87. The molecule has 0 radical (unpaired) electrons. The molecule has 10 heteroatoms. The normalized spacial score (nSPS) is 14.0. The molecule has 0 fully saturated rings. The first-order chi connectivity index (χ1) is 13.1. The minimum Gasteiger partial charge on any atom is -0.457 e. The minimum absolute atomic E-state index is 0.279. The van der Waals surface area contributed by atoms with Crippen LogP contribution < -0.4 is 0 Å². The number of benzene rings is 1. The van der Waals surface area contributed by atoms with Gasteiger partial charge in [0.1, 0.15) is 5.01 Å². The van der Waals surface area contributed by atoms with E-state index in [4.69, 9.17) is 0 Å². The summed E-state index contributed by atoms with van der Waals surface area (Å²) in [5, 5.41) is 9.66. The zero-order valence-corrected chi connectivity index (χ0v) is 16.1. The molecular formula is C18H14F3NO4S2. The Bertz CT molecular complexity index is 994. The number of aromatic nitrogens is 1. The van der Waals surface area contributed by atoms with Crippen LogP contribution in [0.1, 0.15) is 26.0 Å². The highest BCUT2D eigenvalue weighted by molar-refractivity contribution is 7.18. The number of aliphatic hydroxyl groups is 1. The minimum atomic E-state index is -5.16. The number of esters is 1. The van der Waals surface area contributed by atoms with E-state index in [1.165, 1.54) is 17.4 Å². The molecule has 3 rings (SSSR count). The summed E-state index contributed by atoms with van der Waals surface area (Å²) < 4.78 is 45.9. The first kappa shape index (κ1) is 20.4. The van der Waals surface area contributed by atoms with Gasteiger partial charge in [-0.25, -0.2) is 4.98 Å². The summed E-state index contributed by atoms with van der Waals surface area (Å²) >= 11 is 1.83. The maximum absolute atomic E-state index is 13.6. The number of carbonyl (C=O) groups excluding carboxylic acids is 2. The Hall–Kier alpha value is -2.30. The number of rotatable bonds is 6. The molecule has 3 aromatic rings. The molecule has 2 heterocycles. The van der Waals surface area contributed by atoms with Crippen molar-refractivity contribution in [2.45, 2.75) is 25.1 Å². The Kier molecular flexibility index (Phi) is 5.55. The van der Waals surface area contributed by atoms with Crippen LogP contribution in [0.25, 0.3) is 10.2 Å². The second-order valence-corrected chi connectivity index (χ2v) is 8.33. The molecule has 0 amide bonds. The molecule has 5 nitrogen and oxygen atoms in total. The number of carbonyl (C=O) groups is 2. The van der Waals surface area contributed by atoms with Gasteiger partial charge in [-0.3, -0.25) is 9.59 Å². The van der Waals surface area contributed by atoms with E-state index >= 15 is 0 Å². The highest BCUT2D eigenvalue weighted by Gasteiger charge is 2.58. The van der Waals surface area contributed by atoms with Gasteiger partial charge < -0.3 is 9.84 Å². The number of fused-ring (bicyclic) bond motifs is 1. The van der Waals surface area contributed by atoms with Crippen LogP contribution in [0.5, 0.6) is 0 Å². The molecule has 148 valence electrons. The zero-order valence-electron chi connectivity index (χ0n) is 14.4. The first-order valence-electron chi connectivity index (χ1n) is 8.00. The highest BCUT2D eigenvalue weighted by Crippen LogP contribution is 2.44. The second-order valence-electron chi connectivity index (χ2n) is 6.02. The molecule has 28 heavy (non-hydrogen) atoms. The summed E-state index contributed by atoms with van der Waals surface area (Å²) in [7, 11) is 0. The number of hydrogen-bond donors (Lipinski definition) is 1. The van der Waals surface area contributed by atoms with Gasteiger partial charge in [0, 0.05) is 4.88 Å². The van der Waals surface area contributed by atoms with Crippen LogP contribution in [0.2, 0.25) is 0 Å². The van der Waals surface area contributed by atoms with E-state index in [0.717, 1.165) is 4.88 Å². The van der Waals surface area contributed by atoms with Crippen molar-refractivity contribution in [3.63, 3.8) is 0 Å². The number of alkyl halides is 3. The highest BCUT2D eigenvalue weighted by atomic mass is 32.1. The number of ketones is 1. The average molecular weight is 429 g/mol. The molecule has 0 aliphatic rings. The van der Waals surface area contributed by atoms with Crippen molar-refractivity contribution < 1.29 is 32.6 Å². The van der Waals surface area contributed by atoms with Crippen molar-refractivity contribution in [1.82, 2.24) is 4.98 Å². The lowest BCUT2D eigenvalue weighted by molar-refractivity contribution is -0.269. The van der Waals surface area contributed by atoms with Gasteiger partial charge in [-0.2, -0.15) is 13.2 Å². The SMILES string of the molecule is Cc1ccc(C(=O)COC(=O)C[C@](O)(c2nc3ccccc3s2)C(F)(F)F)s1. The number of aryl methyl sites for hydroxylation is 1. The van der Waals surface area contributed by atoms with Gasteiger partial charge in [0.2, 0.25) is 11.4 Å². The van der Waals surface area contributed by atoms with E-state index < -0.39 is 41.6 Å². The van der Waals surface area contributed by atoms with Gasteiger partial charge in [-0.15, -0.1) is 22.7 Å². The van der Waals surface area contributed by atoms with E-state index in [1.807, 2.05) is 0 Å². The topological polar surface area (TPSA) is 76.5 Å². The summed E-state index contributed by atoms with van der Waals surface area (Å²) in [6.45, 7) is 1.08. The van der Waals surface area contributed by atoms with Gasteiger partial charge in [-0.1, -0.05) is 12.1 Å². The standard InChI is InChI=1S/C18H14F3NO4S2/c1-10-6-7-14(27-10)12(23)9-26-15(24)8-17(25,18(19,20)21)16-22-11-4-2-3-5-13(11)28-16/h2-7,25H,8-9H2,1H3/t17-/m0/s1. The van der Waals surface area contributed by atoms with E-state index in [2.05, 4.69) is 9.72 Å². The van der Waals surface area contributed by atoms with Gasteiger partial charge in [0.15, 0.2) is 6.61 Å². The molecule has 1 atom stereocenters. The van der Waals surface area contributed by atoms with Crippen LogP contribution in [-0.2, 0) is 15.1 Å². The molecular weight excluding hydrogens is 415 g/mol. The van der Waals surface area contributed by atoms with Crippen LogP contribution in [-0.4, -0.2) is 34.6 Å². The quantitative estimate of drug-likeness (QED) is 0.469. The summed E-state index contributed by atoms with van der Waals surface area (Å²) in [5.41, 5.74) is -3.22. The first-order valence-corrected chi connectivity index (χ1v) is 9.64. The number of thiazole rings is 1. The number of ether oxygens (including phenoxy) is 1. The van der Waals surface area contributed by atoms with Crippen LogP contribution in [0, 0.1) is 6.92 Å². The maximum atomic E-state index is 13.6. The number of halogens is 3. The van der Waals surface area contributed by atoms with Gasteiger partial charge in [0.25, 0.3) is 0 Å². The molecule has 0 saturated carbocycles. The number of hydrogen-bond acceptors (Lipinski definition) is 7. The van der Waals surface area contributed by atoms with E-state index in [9.17, 15) is 27.9 Å². The Labute approximate surface area is 165 Å². The predicted octanol–water partition coefficient (Wildman–Crippen LogP) is 4.23. The molecule has 2 aromatic heterocycles. The monoisotopic (exact) mass is 429 g/mol. The molecule has 0 spiro atoms. The van der Waals surface area contributed by atoms with Crippen molar-refractivity contribution in [1.29, 1.82) is 0 Å². The maximum Gasteiger partial charge on any atom is 0.424 e. The largest absolute Gasteiger partial charge is 0.457 e. The van der Waals surface area contributed by atoms with Crippen molar-refractivity contribution in [2.75, 3.05) is 6.61 Å². The third kappa shape index (κ3) is 4.08. The van der Waals surface area contributed by atoms with E-state index in [0.29, 0.717) is 20.9 Å². The Morgan fingerprint density at radius 3 is 2.46 bits per heavy atom. The van der Waals surface area contributed by atoms with E-state index in [-0.39, 0.29) is 5.52 Å². The van der Waals surface area contributed by atoms with Gasteiger partial charge in [0.05, 0.1) is 21.5 Å². The van der Waals surface area contributed by atoms with Crippen molar-refractivity contribution in [2.24, 2.45) is 0 Å². The fraction of sp³-hybridized carbons (Fsp3) is 0.278. The third-order valence-corrected chi connectivity index (χ3v) is 6.13. The van der Waals surface area contributed by atoms with Gasteiger partial charge in [-0.05, 0) is 31.2 Å². The Balaban J connectivity index is 1.76. The average Bonchev–Trinajstić information content (AvgIpc) is 3.25. The van der Waals surface area contributed by atoms with Crippen LogP contribution in [0.4, 0.5) is 13.2 Å². The summed E-state index contributed by atoms with van der Waals surface area (Å²) in [6.07, 6.45) is -6.55. The summed E-state index contributed by atoms with van der Waals surface area (Å²) in [4.78, 5) is 29.0. The molecule has 0 unspecified atom stereocenters. The van der Waals surface area contributed by atoms with Crippen LogP contribution in [0.3, 0.4) is 0 Å². The molecule has 0 bridgehead atoms. The molecule has 0 saturated heterocycles. The lowest BCUT2D eigenvalue weighted by atomic mass is 10.00. The summed E-state index contributed by atoms with van der Waals surface area (Å²) in [6, 6.07) is 9.55. The molecule has 0 aliphatic heterocycles. The van der Waals surface area contributed by atoms with Crippen molar-refractivity contribution >= 4 is 44.6 Å². The Morgan fingerprint density at radius 2 is 1.86 bits per heavy atom. The predicted molar refractivity (Wildman–Crippen MR) is 98.5 cm³/mol. The fourth-order valence-electron chi connectivity index (χ4n) is 2.41. The molecule has 0 aliphatic carbocycles. The van der Waals surface area contributed by atoms with Crippen LogP contribution >= 0.6 is 22.7 Å². The van der Waals surface area contributed by atoms with E-state index in [1.54, 1.807) is 37.3 Å². The second kappa shape index (κ2) is 7.61. The number of para-hydroxylation sites is 1. The molecule has 1 aromatic carbocycles. The van der Waals surface area contributed by atoms with Gasteiger partial charge >= 0.3 is 12.1 Å². The molecule has 1 N–H and O–H groups in total. The number of thiophene rings is 1. The fourth-order valence-corrected chi connectivity index (χ4v) is 4.27. The Morgan fingerprint density at radius 1 is 1.14 bits per heavy atom. The zero-order chi connectivity index (χ0) is 20.5. The lowest BCUT2D eigenvalue weighted by Gasteiger charge is -2.27. The number of Topliss-reactive ketones (excluding diaryl/α,β-unsaturated/α-hetero) is 1. The smallest absolute Gasteiger partial charge is 0.424 e. The van der Waals surface area contributed by atoms with Crippen molar-refractivity contribution in [3.05, 3.63) is 51.2 Å². The number of nitrogens with zero attached hydrogens (tertiary/aromatic N) is 1. The van der Waals surface area contributed by atoms with Crippen LogP contribution in [0.15, 0.2) is 36.4 Å². The lowest BCUT2D eigenvalue weighted by Crippen LogP contribution is -2.44. The third-order valence-electron chi connectivity index (χ3n) is 3.90. The van der Waals surface area contributed by atoms with Crippen molar-refractivity contribution in [3.8, 4) is 0 Å².